The first-order valence-corrected chi connectivity index (χ1v) is 6.93. The first-order chi connectivity index (χ1) is 9.58. The van der Waals surface area contributed by atoms with E-state index < -0.39 is 0 Å². The van der Waals surface area contributed by atoms with Crippen LogP contribution in [0.5, 0.6) is 0 Å². The van der Waals surface area contributed by atoms with E-state index in [1.807, 2.05) is 12.1 Å². The van der Waals surface area contributed by atoms with Crippen molar-refractivity contribution in [2.75, 3.05) is 11.9 Å². The summed E-state index contributed by atoms with van der Waals surface area (Å²) in [5.74, 6) is -0.229. The molecule has 3 N–H and O–H groups in total. The molecule has 0 radical (unpaired) electrons. The van der Waals surface area contributed by atoms with Crippen molar-refractivity contribution in [3.63, 3.8) is 0 Å². The molecule has 0 aliphatic heterocycles. The van der Waals surface area contributed by atoms with Crippen molar-refractivity contribution in [3.8, 4) is 0 Å². The molecular formula is C15H14ClFN2S. The minimum absolute atomic E-state index is 0.229. The van der Waals surface area contributed by atoms with Gasteiger partial charge in [0.05, 0.1) is 10.6 Å². The fourth-order valence-electron chi connectivity index (χ4n) is 1.91. The molecule has 0 spiro atoms. The number of halogens is 2. The van der Waals surface area contributed by atoms with Crippen LogP contribution in [0.4, 0.5) is 10.1 Å². The zero-order chi connectivity index (χ0) is 14.5. The first kappa shape index (κ1) is 14.8. The summed E-state index contributed by atoms with van der Waals surface area (Å²) in [6.45, 7) is 0.682. The molecule has 0 aliphatic carbocycles. The van der Waals surface area contributed by atoms with E-state index in [1.54, 1.807) is 18.2 Å². The number of nitrogens with two attached hydrogens (primary N) is 1. The van der Waals surface area contributed by atoms with E-state index in [0.717, 1.165) is 17.7 Å². The highest BCUT2D eigenvalue weighted by atomic mass is 35.5. The molecule has 0 unspecified atom stereocenters. The molecule has 0 amide bonds. The van der Waals surface area contributed by atoms with Gasteiger partial charge < -0.3 is 11.1 Å². The molecule has 20 heavy (non-hydrogen) atoms. The van der Waals surface area contributed by atoms with Crippen LogP contribution in [-0.2, 0) is 6.42 Å². The number of hydrogen-bond donors (Lipinski definition) is 2. The molecule has 5 heteroatoms. The maximum absolute atomic E-state index is 12.8. The quantitative estimate of drug-likeness (QED) is 0.826. The van der Waals surface area contributed by atoms with Gasteiger partial charge in [-0.25, -0.2) is 4.39 Å². The highest BCUT2D eigenvalue weighted by Gasteiger charge is 2.09. The van der Waals surface area contributed by atoms with E-state index in [1.165, 1.54) is 12.1 Å². The second kappa shape index (κ2) is 6.68. The topological polar surface area (TPSA) is 38.0 Å². The van der Waals surface area contributed by atoms with Crippen LogP contribution in [0.15, 0.2) is 42.5 Å². The minimum Gasteiger partial charge on any atom is -0.389 e. The summed E-state index contributed by atoms with van der Waals surface area (Å²) in [7, 11) is 0. The SMILES string of the molecule is NC(=S)c1c(Cl)cccc1NCCc1ccc(F)cc1. The zero-order valence-electron chi connectivity index (χ0n) is 10.7. The van der Waals surface area contributed by atoms with E-state index >= 15 is 0 Å². The van der Waals surface area contributed by atoms with Crippen molar-refractivity contribution < 1.29 is 4.39 Å². The Morgan fingerprint density at radius 2 is 1.90 bits per heavy atom. The number of benzene rings is 2. The Kier molecular flexibility index (Phi) is 4.93. The van der Waals surface area contributed by atoms with Crippen LogP contribution < -0.4 is 11.1 Å². The van der Waals surface area contributed by atoms with Crippen molar-refractivity contribution in [2.45, 2.75) is 6.42 Å². The van der Waals surface area contributed by atoms with Gasteiger partial charge in [0, 0.05) is 12.2 Å². The van der Waals surface area contributed by atoms with Crippen LogP contribution in [0.3, 0.4) is 0 Å². The van der Waals surface area contributed by atoms with Gasteiger partial charge in [-0.3, -0.25) is 0 Å². The van der Waals surface area contributed by atoms with Gasteiger partial charge >= 0.3 is 0 Å². The predicted octanol–water partition coefficient (Wildman–Crippen LogP) is 3.77. The van der Waals surface area contributed by atoms with Crippen molar-refractivity contribution in [2.24, 2.45) is 5.73 Å². The highest BCUT2D eigenvalue weighted by Crippen LogP contribution is 2.24. The van der Waals surface area contributed by atoms with Crippen molar-refractivity contribution in [1.29, 1.82) is 0 Å². The summed E-state index contributed by atoms with van der Waals surface area (Å²) in [6, 6.07) is 11.9. The lowest BCUT2D eigenvalue weighted by atomic mass is 10.1. The number of thiocarbonyl (C=S) groups is 1. The largest absolute Gasteiger partial charge is 0.389 e. The number of nitrogens with one attached hydrogen (secondary N) is 1. The van der Waals surface area contributed by atoms with E-state index in [0.29, 0.717) is 17.1 Å². The Balaban J connectivity index is 2.02. The highest BCUT2D eigenvalue weighted by molar-refractivity contribution is 7.80. The van der Waals surface area contributed by atoms with Crippen LogP contribution in [0.25, 0.3) is 0 Å². The van der Waals surface area contributed by atoms with Gasteiger partial charge in [-0.2, -0.15) is 0 Å². The summed E-state index contributed by atoms with van der Waals surface area (Å²) in [4.78, 5) is 0.264. The molecule has 2 rings (SSSR count). The molecule has 104 valence electrons. The van der Waals surface area contributed by atoms with Crippen molar-refractivity contribution in [1.82, 2.24) is 0 Å². The van der Waals surface area contributed by atoms with Gasteiger partial charge in [-0.05, 0) is 36.2 Å². The summed E-state index contributed by atoms with van der Waals surface area (Å²) < 4.78 is 12.8. The third-order valence-corrected chi connectivity index (χ3v) is 3.42. The molecule has 0 saturated carbocycles. The normalized spacial score (nSPS) is 10.3. The molecule has 0 bridgehead atoms. The summed E-state index contributed by atoms with van der Waals surface area (Å²) >= 11 is 11.1. The molecule has 0 saturated heterocycles. The fourth-order valence-corrected chi connectivity index (χ4v) is 2.47. The second-order valence-electron chi connectivity index (χ2n) is 4.33. The molecule has 2 nitrogen and oxygen atoms in total. The molecule has 0 atom stereocenters. The van der Waals surface area contributed by atoms with Crippen LogP contribution in [0, 0.1) is 5.82 Å². The Morgan fingerprint density at radius 1 is 1.20 bits per heavy atom. The smallest absolute Gasteiger partial charge is 0.123 e. The van der Waals surface area contributed by atoms with Crippen LogP contribution in [0.2, 0.25) is 5.02 Å². The zero-order valence-corrected chi connectivity index (χ0v) is 12.3. The number of rotatable bonds is 5. The Labute approximate surface area is 127 Å². The monoisotopic (exact) mass is 308 g/mol. The Bertz CT molecular complexity index is 614. The van der Waals surface area contributed by atoms with Gasteiger partial charge in [0.15, 0.2) is 0 Å². The van der Waals surface area contributed by atoms with E-state index in [9.17, 15) is 4.39 Å². The maximum Gasteiger partial charge on any atom is 0.123 e. The molecule has 0 heterocycles. The summed E-state index contributed by atoms with van der Waals surface area (Å²) in [6.07, 6.45) is 0.767. The molecule has 0 aliphatic rings. The Hall–Kier alpha value is -1.65. The average molecular weight is 309 g/mol. The van der Waals surface area contributed by atoms with Gasteiger partial charge in [-0.1, -0.05) is 42.0 Å². The van der Waals surface area contributed by atoms with Gasteiger partial charge in [0.25, 0.3) is 0 Å². The van der Waals surface area contributed by atoms with Crippen LogP contribution in [-0.4, -0.2) is 11.5 Å². The lowest BCUT2D eigenvalue weighted by Crippen LogP contribution is -2.15. The second-order valence-corrected chi connectivity index (χ2v) is 5.18. The Morgan fingerprint density at radius 3 is 2.55 bits per heavy atom. The van der Waals surface area contributed by atoms with Crippen LogP contribution >= 0.6 is 23.8 Å². The lowest BCUT2D eigenvalue weighted by Gasteiger charge is -2.12. The van der Waals surface area contributed by atoms with Crippen molar-refractivity contribution >= 4 is 34.5 Å². The standard InChI is InChI=1S/C15H14ClFN2S/c16-12-2-1-3-13(14(12)15(18)20)19-9-8-10-4-6-11(17)7-5-10/h1-7,19H,8-9H2,(H2,18,20). The number of hydrogen-bond acceptors (Lipinski definition) is 2. The van der Waals surface area contributed by atoms with Gasteiger partial charge in [0.1, 0.15) is 10.8 Å². The van der Waals surface area contributed by atoms with Crippen LogP contribution in [0.1, 0.15) is 11.1 Å². The molecule has 0 aromatic heterocycles. The van der Waals surface area contributed by atoms with Gasteiger partial charge in [0.2, 0.25) is 0 Å². The molecule has 0 fully saturated rings. The summed E-state index contributed by atoms with van der Waals surface area (Å²) in [5, 5.41) is 3.78. The number of anilines is 1. The van der Waals surface area contributed by atoms with E-state index in [4.69, 9.17) is 29.6 Å². The maximum atomic E-state index is 12.8. The van der Waals surface area contributed by atoms with Crippen molar-refractivity contribution in [3.05, 3.63) is 64.4 Å². The molecular weight excluding hydrogens is 295 g/mol. The molecule has 2 aromatic rings. The minimum atomic E-state index is -0.229. The molecule has 2 aromatic carbocycles. The van der Waals surface area contributed by atoms with E-state index in [2.05, 4.69) is 5.32 Å². The third-order valence-electron chi connectivity index (χ3n) is 2.90. The predicted molar refractivity (Wildman–Crippen MR) is 85.9 cm³/mol. The summed E-state index contributed by atoms with van der Waals surface area (Å²) in [5.41, 5.74) is 8.20. The fraction of sp³-hybridized carbons (Fsp3) is 0.133. The third kappa shape index (κ3) is 3.68. The average Bonchev–Trinajstić information content (AvgIpc) is 2.40. The first-order valence-electron chi connectivity index (χ1n) is 6.14. The van der Waals surface area contributed by atoms with E-state index in [-0.39, 0.29) is 10.8 Å². The lowest BCUT2D eigenvalue weighted by molar-refractivity contribution is 0.627. The van der Waals surface area contributed by atoms with Gasteiger partial charge in [-0.15, -0.1) is 0 Å².